The maximum atomic E-state index is 9.87. The Bertz CT molecular complexity index is 241. The summed E-state index contributed by atoms with van der Waals surface area (Å²) in [6.07, 6.45) is 17.1. The van der Waals surface area contributed by atoms with Gasteiger partial charge >= 0.3 is 0 Å². The molecule has 0 fully saturated rings. The Balaban J connectivity index is 3.33. The highest BCUT2D eigenvalue weighted by Gasteiger charge is 2.14. The molecule has 0 aromatic carbocycles. The van der Waals surface area contributed by atoms with Crippen LogP contribution in [0.25, 0.3) is 0 Å². The van der Waals surface area contributed by atoms with Crippen molar-refractivity contribution in [2.24, 2.45) is 0 Å². The molecule has 0 rings (SSSR count). The van der Waals surface area contributed by atoms with Crippen molar-refractivity contribution in [2.45, 2.75) is 103 Å². The third kappa shape index (κ3) is 14.6. The molecule has 0 aliphatic rings. The van der Waals surface area contributed by atoms with E-state index in [0.717, 1.165) is 12.8 Å². The van der Waals surface area contributed by atoms with E-state index in [1.54, 1.807) is 6.08 Å². The Morgan fingerprint density at radius 2 is 1.18 bits per heavy atom. The lowest BCUT2D eigenvalue weighted by Gasteiger charge is -2.16. The van der Waals surface area contributed by atoms with Gasteiger partial charge in [-0.15, -0.1) is 0 Å². The first-order chi connectivity index (χ1) is 10.7. The number of rotatable bonds is 16. The molecule has 3 nitrogen and oxygen atoms in total. The van der Waals surface area contributed by atoms with Gasteiger partial charge in [0.15, 0.2) is 0 Å². The molecule has 0 amide bonds. The third-order valence-corrected chi connectivity index (χ3v) is 4.20. The molecule has 0 spiro atoms. The number of aliphatic hydroxyl groups excluding tert-OH is 3. The van der Waals surface area contributed by atoms with Gasteiger partial charge in [-0.05, 0) is 19.3 Å². The minimum absolute atomic E-state index is 0.0389. The Kier molecular flexibility index (Phi) is 16.7. The second-order valence-electron chi connectivity index (χ2n) is 6.34. The van der Waals surface area contributed by atoms with Gasteiger partial charge in [0, 0.05) is 0 Å². The van der Waals surface area contributed by atoms with E-state index < -0.39 is 12.2 Å². The van der Waals surface area contributed by atoms with Gasteiger partial charge in [-0.25, -0.2) is 0 Å². The number of unbranched alkanes of at least 4 members (excludes halogenated alkanes) is 9. The summed E-state index contributed by atoms with van der Waals surface area (Å²) < 4.78 is 0. The van der Waals surface area contributed by atoms with E-state index in [2.05, 4.69) is 6.92 Å². The highest BCUT2D eigenvalue weighted by Crippen LogP contribution is 2.14. The summed E-state index contributed by atoms with van der Waals surface area (Å²) in [4.78, 5) is 0. The SMILES string of the molecule is CCCCCCCCCCCC[C@H](O)[C@@H](O)CC/C=C/CO. The average Bonchev–Trinajstić information content (AvgIpc) is 2.53. The molecule has 0 saturated heterocycles. The van der Waals surface area contributed by atoms with Gasteiger partial charge in [0.05, 0.1) is 18.8 Å². The highest BCUT2D eigenvalue weighted by atomic mass is 16.3. The van der Waals surface area contributed by atoms with Crippen LogP contribution in [0.5, 0.6) is 0 Å². The number of hydrogen-bond acceptors (Lipinski definition) is 3. The van der Waals surface area contributed by atoms with Crippen molar-refractivity contribution in [1.82, 2.24) is 0 Å². The zero-order valence-corrected chi connectivity index (χ0v) is 14.6. The van der Waals surface area contributed by atoms with Gasteiger partial charge in [0.25, 0.3) is 0 Å². The summed E-state index contributed by atoms with van der Waals surface area (Å²) in [5.41, 5.74) is 0. The number of aliphatic hydroxyl groups is 3. The molecule has 132 valence electrons. The molecule has 0 aliphatic carbocycles. The lowest BCUT2D eigenvalue weighted by atomic mass is 10.0. The van der Waals surface area contributed by atoms with E-state index >= 15 is 0 Å². The molecule has 0 saturated carbocycles. The minimum atomic E-state index is -0.637. The predicted molar refractivity (Wildman–Crippen MR) is 93.9 cm³/mol. The summed E-state index contributed by atoms with van der Waals surface area (Å²) in [7, 11) is 0. The normalized spacial score (nSPS) is 14.5. The zero-order valence-electron chi connectivity index (χ0n) is 14.6. The average molecular weight is 315 g/mol. The molecule has 0 aromatic rings. The van der Waals surface area contributed by atoms with Crippen molar-refractivity contribution in [3.63, 3.8) is 0 Å². The second kappa shape index (κ2) is 17.0. The van der Waals surface area contributed by atoms with Crippen LogP contribution in [0.3, 0.4) is 0 Å². The van der Waals surface area contributed by atoms with Gasteiger partial charge in [-0.1, -0.05) is 83.3 Å². The van der Waals surface area contributed by atoms with Crippen LogP contribution in [-0.4, -0.2) is 34.1 Å². The fraction of sp³-hybridized carbons (Fsp3) is 0.895. The lowest BCUT2D eigenvalue weighted by Crippen LogP contribution is -2.25. The lowest BCUT2D eigenvalue weighted by molar-refractivity contribution is 0.00910. The standard InChI is InChI=1S/C19H38O3/c1-2-3-4-5-6-7-8-9-10-12-15-18(21)19(22)16-13-11-14-17-20/h11,14,18-22H,2-10,12-13,15-17H2,1H3/b14-11+/t18-,19-/m0/s1. The van der Waals surface area contributed by atoms with Crippen molar-refractivity contribution >= 4 is 0 Å². The van der Waals surface area contributed by atoms with Gasteiger partial charge in [-0.3, -0.25) is 0 Å². The van der Waals surface area contributed by atoms with E-state index in [4.69, 9.17) is 5.11 Å². The highest BCUT2D eigenvalue weighted by molar-refractivity contribution is 4.82. The molecule has 0 bridgehead atoms. The van der Waals surface area contributed by atoms with Gasteiger partial charge in [0.2, 0.25) is 0 Å². The molecule has 22 heavy (non-hydrogen) atoms. The van der Waals surface area contributed by atoms with Crippen molar-refractivity contribution in [2.75, 3.05) is 6.61 Å². The van der Waals surface area contributed by atoms with Gasteiger partial charge in [-0.2, -0.15) is 0 Å². The van der Waals surface area contributed by atoms with Crippen LogP contribution in [0.15, 0.2) is 12.2 Å². The van der Waals surface area contributed by atoms with Crippen LogP contribution < -0.4 is 0 Å². The van der Waals surface area contributed by atoms with Crippen LogP contribution in [0.4, 0.5) is 0 Å². The summed E-state index contributed by atoms with van der Waals surface area (Å²) in [5.74, 6) is 0. The van der Waals surface area contributed by atoms with Crippen molar-refractivity contribution < 1.29 is 15.3 Å². The molecular formula is C19H38O3. The van der Waals surface area contributed by atoms with E-state index in [0.29, 0.717) is 19.3 Å². The summed E-state index contributed by atoms with van der Waals surface area (Å²) in [6, 6.07) is 0. The first-order valence-electron chi connectivity index (χ1n) is 9.34. The van der Waals surface area contributed by atoms with Crippen LogP contribution in [0, 0.1) is 0 Å². The van der Waals surface area contributed by atoms with Crippen LogP contribution >= 0.6 is 0 Å². The first-order valence-corrected chi connectivity index (χ1v) is 9.34. The summed E-state index contributed by atoms with van der Waals surface area (Å²) in [5, 5.41) is 28.3. The second-order valence-corrected chi connectivity index (χ2v) is 6.34. The molecular weight excluding hydrogens is 276 g/mol. The van der Waals surface area contributed by atoms with E-state index in [9.17, 15) is 10.2 Å². The third-order valence-electron chi connectivity index (χ3n) is 4.20. The predicted octanol–water partition coefficient (Wildman–Crippen LogP) is 4.35. The molecule has 2 atom stereocenters. The Hall–Kier alpha value is -0.380. The number of hydrogen-bond donors (Lipinski definition) is 3. The van der Waals surface area contributed by atoms with Crippen LogP contribution in [-0.2, 0) is 0 Å². The topological polar surface area (TPSA) is 60.7 Å². The van der Waals surface area contributed by atoms with Crippen molar-refractivity contribution in [3.05, 3.63) is 12.2 Å². The summed E-state index contributed by atoms with van der Waals surface area (Å²) in [6.45, 7) is 2.29. The molecule has 0 aliphatic heterocycles. The van der Waals surface area contributed by atoms with E-state index in [1.807, 2.05) is 6.08 Å². The molecule has 0 radical (unpaired) electrons. The summed E-state index contributed by atoms with van der Waals surface area (Å²) >= 11 is 0. The van der Waals surface area contributed by atoms with Crippen LogP contribution in [0.1, 0.15) is 90.4 Å². The van der Waals surface area contributed by atoms with Crippen LogP contribution in [0.2, 0.25) is 0 Å². The molecule has 0 heterocycles. The monoisotopic (exact) mass is 314 g/mol. The van der Waals surface area contributed by atoms with E-state index in [1.165, 1.54) is 51.4 Å². The Labute approximate surface area is 137 Å². The van der Waals surface area contributed by atoms with Crippen molar-refractivity contribution in [3.8, 4) is 0 Å². The molecule has 0 aromatic heterocycles. The first kappa shape index (κ1) is 21.6. The molecule has 3 heteroatoms. The molecule has 0 unspecified atom stereocenters. The maximum absolute atomic E-state index is 9.87. The van der Waals surface area contributed by atoms with E-state index in [-0.39, 0.29) is 6.61 Å². The Morgan fingerprint density at radius 1 is 0.682 bits per heavy atom. The maximum Gasteiger partial charge on any atom is 0.0802 e. The minimum Gasteiger partial charge on any atom is -0.392 e. The zero-order chi connectivity index (χ0) is 16.5. The quantitative estimate of drug-likeness (QED) is 0.293. The Morgan fingerprint density at radius 3 is 1.73 bits per heavy atom. The smallest absolute Gasteiger partial charge is 0.0802 e. The van der Waals surface area contributed by atoms with Crippen molar-refractivity contribution in [1.29, 1.82) is 0 Å². The van der Waals surface area contributed by atoms with Gasteiger partial charge < -0.3 is 15.3 Å². The molecule has 3 N–H and O–H groups in total. The van der Waals surface area contributed by atoms with Gasteiger partial charge in [0.1, 0.15) is 0 Å². The largest absolute Gasteiger partial charge is 0.392 e. The number of allylic oxidation sites excluding steroid dienone is 1. The fourth-order valence-corrected chi connectivity index (χ4v) is 2.69. The fourth-order valence-electron chi connectivity index (χ4n) is 2.69.